The maximum absolute atomic E-state index is 13.9. The minimum atomic E-state index is -4.52. The average molecular weight is 579 g/mol. The lowest BCUT2D eigenvalue weighted by atomic mass is 9.93. The van der Waals surface area contributed by atoms with Crippen LogP contribution in [0.15, 0.2) is 65.6 Å². The highest BCUT2D eigenvalue weighted by atomic mass is 19.4. The van der Waals surface area contributed by atoms with Gasteiger partial charge in [-0.1, -0.05) is 32.6 Å². The Balaban J connectivity index is 1.60. The molecule has 0 amide bonds. The summed E-state index contributed by atoms with van der Waals surface area (Å²) in [7, 11) is 1.67. The summed E-state index contributed by atoms with van der Waals surface area (Å²) < 4.78 is 55.4. The summed E-state index contributed by atoms with van der Waals surface area (Å²) in [5.41, 5.74) is 1.94. The van der Waals surface area contributed by atoms with Crippen LogP contribution in [-0.4, -0.2) is 44.6 Å². The van der Waals surface area contributed by atoms with Crippen LogP contribution in [-0.2, 0) is 13.2 Å². The number of benzene rings is 1. The molecule has 7 nitrogen and oxygen atoms in total. The van der Waals surface area contributed by atoms with Crippen LogP contribution in [0.1, 0.15) is 49.6 Å². The molecule has 3 atom stereocenters. The molecule has 1 aliphatic rings. The number of rotatable bonds is 6. The van der Waals surface area contributed by atoms with E-state index >= 15 is 0 Å². The fourth-order valence-electron chi connectivity index (χ4n) is 5.79. The predicted molar refractivity (Wildman–Crippen MR) is 153 cm³/mol. The molecule has 3 aromatic heterocycles. The Bertz CT molecular complexity index is 1680. The van der Waals surface area contributed by atoms with E-state index in [1.54, 1.807) is 37.4 Å². The molecule has 218 valence electrons. The fraction of sp³-hybridized carbons (Fsp3) is 0.355. The first-order valence-electron chi connectivity index (χ1n) is 13.7. The first kappa shape index (κ1) is 29.2. The number of fused-ring (bicyclic) bond motifs is 1. The zero-order valence-electron chi connectivity index (χ0n) is 23.4. The van der Waals surface area contributed by atoms with E-state index in [0.717, 1.165) is 12.3 Å². The van der Waals surface area contributed by atoms with Gasteiger partial charge in [0.05, 0.1) is 28.5 Å². The van der Waals surface area contributed by atoms with Crippen LogP contribution in [0.25, 0.3) is 15.9 Å². The van der Waals surface area contributed by atoms with Crippen molar-refractivity contribution in [2.45, 2.75) is 51.0 Å². The van der Waals surface area contributed by atoms with Crippen molar-refractivity contribution in [1.82, 2.24) is 19.4 Å². The van der Waals surface area contributed by atoms with E-state index in [1.165, 1.54) is 22.8 Å². The fourth-order valence-corrected chi connectivity index (χ4v) is 5.79. The van der Waals surface area contributed by atoms with Crippen LogP contribution in [0, 0.1) is 12.4 Å². The van der Waals surface area contributed by atoms with Crippen LogP contribution in [0.2, 0.25) is 0 Å². The van der Waals surface area contributed by atoms with E-state index in [-0.39, 0.29) is 23.5 Å². The van der Waals surface area contributed by atoms with E-state index in [9.17, 15) is 22.4 Å². The van der Waals surface area contributed by atoms with Crippen LogP contribution in [0.4, 0.5) is 29.1 Å². The smallest absolute Gasteiger partial charge is 0.362 e. The van der Waals surface area contributed by atoms with Crippen molar-refractivity contribution in [3.05, 3.63) is 105 Å². The second-order valence-corrected chi connectivity index (χ2v) is 10.5. The number of aromatic nitrogens is 3. The summed E-state index contributed by atoms with van der Waals surface area (Å²) in [5, 5.41) is 0. The van der Waals surface area contributed by atoms with Crippen LogP contribution < -0.4 is 10.5 Å². The zero-order valence-corrected chi connectivity index (χ0v) is 23.4. The number of hydrogen-bond acceptors (Lipinski definition) is 5. The molecule has 0 aliphatic carbocycles. The maximum atomic E-state index is 13.9. The lowest BCUT2D eigenvalue weighted by Crippen LogP contribution is -2.59. The summed E-state index contributed by atoms with van der Waals surface area (Å²) in [5.74, 6) is -0.184. The summed E-state index contributed by atoms with van der Waals surface area (Å²) in [4.78, 5) is 29.7. The topological polar surface area (TPSA) is 58.6 Å². The molecule has 0 radical (unpaired) electrons. The SMILES string of the molecule is [C-]#[N+]c1ccc2c(n1)c(N1C[C@@H](CC)N(C(c3ccc(F)cc3)c3ccc(C(F)(F)F)cn3)C[C@@H]1CC)cc(=O)n2C. The standard InChI is InChI=1S/C31H30F4N6O/c1-5-22-18-41(30(19-7-10-21(32)11-8-19)24-12-9-20(16-37-24)31(33,34)35)23(6-2)17-40(22)26-15-28(42)39(4)25-13-14-27(36-3)38-29(25)26/h7-16,22-23,30H,5-6,17-18H2,1-2,4H3/t22-,23+,30?/m0/s1. The third kappa shape index (κ3) is 5.46. The molecule has 1 aliphatic heterocycles. The lowest BCUT2D eigenvalue weighted by Gasteiger charge is -2.50. The molecular formula is C31H30F4N6O. The Morgan fingerprint density at radius 2 is 1.74 bits per heavy atom. The second kappa shape index (κ2) is 11.5. The number of aryl methyl sites for hydroxylation is 1. The number of piperazine rings is 1. The first-order valence-corrected chi connectivity index (χ1v) is 13.7. The van der Waals surface area contributed by atoms with E-state index < -0.39 is 23.6 Å². The van der Waals surface area contributed by atoms with E-state index in [1.807, 2.05) is 13.8 Å². The van der Waals surface area contributed by atoms with E-state index in [2.05, 4.69) is 24.6 Å². The van der Waals surface area contributed by atoms with Gasteiger partial charge in [0.1, 0.15) is 5.82 Å². The molecule has 5 rings (SSSR count). The van der Waals surface area contributed by atoms with Crippen molar-refractivity contribution < 1.29 is 17.6 Å². The highest BCUT2D eigenvalue weighted by Crippen LogP contribution is 2.38. The van der Waals surface area contributed by atoms with Crippen molar-refractivity contribution in [3.8, 4) is 0 Å². The molecule has 0 bridgehead atoms. The van der Waals surface area contributed by atoms with Gasteiger partial charge in [-0.25, -0.2) is 4.39 Å². The summed E-state index contributed by atoms with van der Waals surface area (Å²) >= 11 is 0. The van der Waals surface area contributed by atoms with Gasteiger partial charge in [0, 0.05) is 44.5 Å². The van der Waals surface area contributed by atoms with Gasteiger partial charge in [0.25, 0.3) is 11.4 Å². The van der Waals surface area contributed by atoms with Gasteiger partial charge in [-0.3, -0.25) is 14.7 Å². The number of pyridine rings is 3. The van der Waals surface area contributed by atoms with E-state index in [4.69, 9.17) is 6.57 Å². The Morgan fingerprint density at radius 3 is 2.33 bits per heavy atom. The molecule has 1 aromatic carbocycles. The maximum Gasteiger partial charge on any atom is 0.417 e. The van der Waals surface area contributed by atoms with Gasteiger partial charge in [-0.2, -0.15) is 13.2 Å². The second-order valence-electron chi connectivity index (χ2n) is 10.5. The highest BCUT2D eigenvalue weighted by Gasteiger charge is 2.39. The summed E-state index contributed by atoms with van der Waals surface area (Å²) in [6.45, 7) is 12.5. The van der Waals surface area contributed by atoms with Crippen molar-refractivity contribution in [2.75, 3.05) is 18.0 Å². The molecule has 4 aromatic rings. The summed E-state index contributed by atoms with van der Waals surface area (Å²) in [6.07, 6.45) is -2.29. The lowest BCUT2D eigenvalue weighted by molar-refractivity contribution is -0.137. The molecule has 4 heterocycles. The molecule has 1 unspecified atom stereocenters. The third-order valence-corrected chi connectivity index (χ3v) is 8.07. The monoisotopic (exact) mass is 578 g/mol. The van der Waals surface area contributed by atoms with Gasteiger partial charge >= 0.3 is 6.18 Å². The minimum absolute atomic E-state index is 0.0982. The predicted octanol–water partition coefficient (Wildman–Crippen LogP) is 6.51. The molecular weight excluding hydrogens is 548 g/mol. The van der Waals surface area contributed by atoms with Crippen LogP contribution in [0.5, 0.6) is 0 Å². The first-order chi connectivity index (χ1) is 20.0. The molecule has 11 heteroatoms. The largest absolute Gasteiger partial charge is 0.417 e. The highest BCUT2D eigenvalue weighted by molar-refractivity contribution is 5.89. The van der Waals surface area contributed by atoms with Gasteiger partial charge in [-0.05, 0) is 54.8 Å². The van der Waals surface area contributed by atoms with E-state index in [0.29, 0.717) is 53.9 Å². The molecule has 0 saturated carbocycles. The van der Waals surface area contributed by atoms with Crippen molar-refractivity contribution in [1.29, 1.82) is 0 Å². The number of alkyl halides is 3. The summed E-state index contributed by atoms with van der Waals surface area (Å²) in [6, 6.07) is 12.5. The average Bonchev–Trinajstić information content (AvgIpc) is 2.99. The van der Waals surface area contributed by atoms with Gasteiger partial charge in [0.15, 0.2) is 0 Å². The number of hydrogen-bond donors (Lipinski definition) is 0. The van der Waals surface area contributed by atoms with Crippen LogP contribution >= 0.6 is 0 Å². The molecule has 1 saturated heterocycles. The van der Waals surface area contributed by atoms with Crippen molar-refractivity contribution >= 4 is 22.5 Å². The molecule has 0 N–H and O–H groups in total. The molecule has 0 spiro atoms. The number of nitrogens with zero attached hydrogens (tertiary/aromatic N) is 6. The normalized spacial score (nSPS) is 18.7. The van der Waals surface area contributed by atoms with Gasteiger partial charge in [-0.15, -0.1) is 4.98 Å². The quantitative estimate of drug-likeness (QED) is 0.193. The third-order valence-electron chi connectivity index (χ3n) is 8.07. The number of anilines is 1. The zero-order chi connectivity index (χ0) is 30.2. The Labute approximate surface area is 240 Å². The van der Waals surface area contributed by atoms with Gasteiger partial charge < -0.3 is 14.3 Å². The molecule has 42 heavy (non-hydrogen) atoms. The van der Waals surface area contributed by atoms with Gasteiger partial charge in [0.2, 0.25) is 5.52 Å². The molecule has 1 fully saturated rings. The Kier molecular flexibility index (Phi) is 8.01. The van der Waals surface area contributed by atoms with Crippen LogP contribution in [0.3, 0.4) is 0 Å². The van der Waals surface area contributed by atoms with Crippen molar-refractivity contribution in [3.63, 3.8) is 0 Å². The Hall–Kier alpha value is -4.30. The van der Waals surface area contributed by atoms with Crippen molar-refractivity contribution in [2.24, 2.45) is 7.05 Å². The minimum Gasteiger partial charge on any atom is -0.362 e. The Morgan fingerprint density at radius 1 is 1.02 bits per heavy atom. The number of halogens is 4.